The summed E-state index contributed by atoms with van der Waals surface area (Å²) in [6.45, 7) is 4.13. The molecule has 1 fully saturated rings. The molecule has 1 aromatic rings. The lowest BCUT2D eigenvalue weighted by molar-refractivity contribution is 0.0415. The number of aryl methyl sites for hydroxylation is 1. The fourth-order valence-corrected chi connectivity index (χ4v) is 1.75. The summed E-state index contributed by atoms with van der Waals surface area (Å²) in [6, 6.07) is 5.24. The van der Waals surface area contributed by atoms with Gasteiger partial charge in [0.15, 0.2) is 0 Å². The van der Waals surface area contributed by atoms with Crippen LogP contribution >= 0.6 is 11.6 Å². The number of carbonyl (C=O) groups excluding carboxylic acids is 1. The molecule has 1 aliphatic rings. The highest BCUT2D eigenvalue weighted by Crippen LogP contribution is 2.23. The Morgan fingerprint density at radius 2 is 2.12 bits per heavy atom. The quantitative estimate of drug-likeness (QED) is 0.774. The van der Waals surface area contributed by atoms with Gasteiger partial charge in [0.1, 0.15) is 5.75 Å². The Balaban J connectivity index is 2.04. The molecule has 0 radical (unpaired) electrons. The molecule has 0 aromatic heterocycles. The van der Waals surface area contributed by atoms with Gasteiger partial charge < -0.3 is 14.4 Å². The second kappa shape index (κ2) is 5.38. The van der Waals surface area contributed by atoms with Crippen molar-refractivity contribution in [3.63, 3.8) is 0 Å². The number of ether oxygens (including phenoxy) is 2. The zero-order chi connectivity index (χ0) is 12.3. The maximum atomic E-state index is 11.8. The zero-order valence-corrected chi connectivity index (χ0v) is 10.4. The van der Waals surface area contributed by atoms with Crippen LogP contribution < -0.4 is 4.74 Å². The van der Waals surface area contributed by atoms with E-state index in [9.17, 15) is 4.79 Å². The Hall–Kier alpha value is -1.26. The number of rotatable bonds is 1. The fourth-order valence-electron chi connectivity index (χ4n) is 1.59. The summed E-state index contributed by atoms with van der Waals surface area (Å²) in [7, 11) is 0. The average Bonchev–Trinajstić information content (AvgIpc) is 2.35. The molecule has 0 atom stereocenters. The van der Waals surface area contributed by atoms with Crippen LogP contribution in [0.1, 0.15) is 5.56 Å². The highest BCUT2D eigenvalue weighted by Gasteiger charge is 2.19. The van der Waals surface area contributed by atoms with Gasteiger partial charge in [-0.2, -0.15) is 0 Å². The van der Waals surface area contributed by atoms with E-state index in [1.54, 1.807) is 17.0 Å². The van der Waals surface area contributed by atoms with Crippen LogP contribution in [0.4, 0.5) is 4.79 Å². The molecule has 2 rings (SSSR count). The minimum absolute atomic E-state index is 0.348. The Labute approximate surface area is 105 Å². The molecule has 0 saturated carbocycles. The molecule has 1 heterocycles. The van der Waals surface area contributed by atoms with E-state index in [0.29, 0.717) is 37.1 Å². The van der Waals surface area contributed by atoms with Crippen LogP contribution in [0.2, 0.25) is 5.02 Å². The summed E-state index contributed by atoms with van der Waals surface area (Å²) in [6.07, 6.45) is -0.348. The first kappa shape index (κ1) is 12.2. The monoisotopic (exact) mass is 255 g/mol. The lowest BCUT2D eigenvalue weighted by Gasteiger charge is -2.26. The molecule has 0 unspecified atom stereocenters. The van der Waals surface area contributed by atoms with Crippen molar-refractivity contribution < 1.29 is 14.3 Å². The van der Waals surface area contributed by atoms with Gasteiger partial charge >= 0.3 is 6.09 Å². The number of hydrogen-bond donors (Lipinski definition) is 0. The second-order valence-corrected chi connectivity index (χ2v) is 4.31. The van der Waals surface area contributed by atoms with Gasteiger partial charge in [0.05, 0.1) is 13.2 Å². The SMILES string of the molecule is Cc1ccc(Cl)cc1OC(=O)N1CCOCC1. The molecule has 4 nitrogen and oxygen atoms in total. The van der Waals surface area contributed by atoms with E-state index < -0.39 is 0 Å². The average molecular weight is 256 g/mol. The Kier molecular flexibility index (Phi) is 3.86. The van der Waals surface area contributed by atoms with Gasteiger partial charge in [-0.3, -0.25) is 0 Å². The summed E-state index contributed by atoms with van der Waals surface area (Å²) in [4.78, 5) is 13.5. The number of nitrogens with zero attached hydrogens (tertiary/aromatic N) is 1. The lowest BCUT2D eigenvalue weighted by atomic mass is 10.2. The van der Waals surface area contributed by atoms with Crippen molar-refractivity contribution >= 4 is 17.7 Å². The summed E-state index contributed by atoms with van der Waals surface area (Å²) in [5.41, 5.74) is 0.885. The lowest BCUT2D eigenvalue weighted by Crippen LogP contribution is -2.42. The predicted octanol–water partition coefficient (Wildman–Crippen LogP) is 2.48. The molecular weight excluding hydrogens is 242 g/mol. The standard InChI is InChI=1S/C12H14ClNO3/c1-9-2-3-10(13)8-11(9)17-12(15)14-4-6-16-7-5-14/h2-3,8H,4-7H2,1H3. The molecule has 92 valence electrons. The molecule has 17 heavy (non-hydrogen) atoms. The van der Waals surface area contributed by atoms with Gasteiger partial charge in [-0.25, -0.2) is 4.79 Å². The maximum absolute atomic E-state index is 11.8. The molecule has 1 aliphatic heterocycles. The largest absolute Gasteiger partial charge is 0.415 e. The molecule has 0 bridgehead atoms. The van der Waals surface area contributed by atoms with Crippen molar-refractivity contribution in [1.29, 1.82) is 0 Å². The third-order valence-corrected chi connectivity index (χ3v) is 2.85. The summed E-state index contributed by atoms with van der Waals surface area (Å²) < 4.78 is 10.5. The maximum Gasteiger partial charge on any atom is 0.415 e. The molecule has 0 aliphatic carbocycles. The molecule has 0 N–H and O–H groups in total. The molecule has 5 heteroatoms. The number of benzene rings is 1. The summed E-state index contributed by atoms with van der Waals surface area (Å²) in [5.74, 6) is 0.508. The first-order valence-corrected chi connectivity index (χ1v) is 5.85. The minimum atomic E-state index is -0.348. The smallest absolute Gasteiger partial charge is 0.410 e. The van der Waals surface area contributed by atoms with Crippen LogP contribution in [0.5, 0.6) is 5.75 Å². The van der Waals surface area contributed by atoms with E-state index in [2.05, 4.69) is 0 Å². The van der Waals surface area contributed by atoms with Crippen molar-refractivity contribution in [1.82, 2.24) is 4.90 Å². The Bertz CT molecular complexity index is 416. The Morgan fingerprint density at radius 1 is 1.41 bits per heavy atom. The molecule has 1 saturated heterocycles. The van der Waals surface area contributed by atoms with E-state index in [-0.39, 0.29) is 6.09 Å². The first-order chi connectivity index (χ1) is 8.16. The highest BCUT2D eigenvalue weighted by molar-refractivity contribution is 6.30. The van der Waals surface area contributed by atoms with Gasteiger partial charge in [-0.05, 0) is 24.6 Å². The topological polar surface area (TPSA) is 38.8 Å². The van der Waals surface area contributed by atoms with E-state index >= 15 is 0 Å². The molecule has 1 amide bonds. The van der Waals surface area contributed by atoms with Gasteiger partial charge in [0, 0.05) is 18.1 Å². The zero-order valence-electron chi connectivity index (χ0n) is 9.61. The van der Waals surface area contributed by atoms with Gasteiger partial charge in [0.25, 0.3) is 0 Å². The number of carbonyl (C=O) groups is 1. The number of halogens is 1. The van der Waals surface area contributed by atoms with Crippen molar-refractivity contribution in [3.8, 4) is 5.75 Å². The summed E-state index contributed by atoms with van der Waals surface area (Å²) in [5, 5.41) is 0.556. The van der Waals surface area contributed by atoms with Gasteiger partial charge in [-0.1, -0.05) is 17.7 Å². The van der Waals surface area contributed by atoms with E-state index in [4.69, 9.17) is 21.1 Å². The third-order valence-electron chi connectivity index (χ3n) is 2.62. The second-order valence-electron chi connectivity index (χ2n) is 3.88. The van der Waals surface area contributed by atoms with Crippen LogP contribution in [0.15, 0.2) is 18.2 Å². The third kappa shape index (κ3) is 3.11. The van der Waals surface area contributed by atoms with E-state index in [1.807, 2.05) is 13.0 Å². The normalized spacial score (nSPS) is 15.8. The van der Waals surface area contributed by atoms with Crippen LogP contribution in [-0.4, -0.2) is 37.3 Å². The van der Waals surface area contributed by atoms with Gasteiger partial charge in [-0.15, -0.1) is 0 Å². The van der Waals surface area contributed by atoms with E-state index in [1.165, 1.54) is 0 Å². The van der Waals surface area contributed by atoms with Crippen LogP contribution in [-0.2, 0) is 4.74 Å². The predicted molar refractivity (Wildman–Crippen MR) is 64.6 cm³/mol. The molecule has 1 aromatic carbocycles. The molecule has 0 spiro atoms. The summed E-state index contributed by atoms with van der Waals surface area (Å²) >= 11 is 5.86. The number of hydrogen-bond acceptors (Lipinski definition) is 3. The Morgan fingerprint density at radius 3 is 2.82 bits per heavy atom. The first-order valence-electron chi connectivity index (χ1n) is 5.47. The highest BCUT2D eigenvalue weighted by atomic mass is 35.5. The van der Waals surface area contributed by atoms with Crippen LogP contribution in [0.25, 0.3) is 0 Å². The van der Waals surface area contributed by atoms with Gasteiger partial charge in [0.2, 0.25) is 0 Å². The van der Waals surface area contributed by atoms with Crippen molar-refractivity contribution in [2.45, 2.75) is 6.92 Å². The minimum Gasteiger partial charge on any atom is -0.410 e. The van der Waals surface area contributed by atoms with Crippen LogP contribution in [0, 0.1) is 6.92 Å². The van der Waals surface area contributed by atoms with Crippen molar-refractivity contribution in [2.75, 3.05) is 26.3 Å². The number of morpholine rings is 1. The number of amides is 1. The van der Waals surface area contributed by atoms with Crippen LogP contribution in [0.3, 0.4) is 0 Å². The molecular formula is C12H14ClNO3. The van der Waals surface area contributed by atoms with E-state index in [0.717, 1.165) is 5.56 Å². The van der Waals surface area contributed by atoms with Crippen molar-refractivity contribution in [2.24, 2.45) is 0 Å². The fraction of sp³-hybridized carbons (Fsp3) is 0.417. The van der Waals surface area contributed by atoms with Crippen molar-refractivity contribution in [3.05, 3.63) is 28.8 Å².